The standard InChI is InChI=1S/C18H22F2N2O4/c1-11(21(10-14(19)20)17(25)26-18(2,3)4)9-22-15(23)12-7-5-6-8-13(12)16(22)24/h5-8,11,14H,9-10H2,1-4H3/t11-/m0/s1. The quantitative estimate of drug-likeness (QED) is 0.749. The van der Waals surface area contributed by atoms with Crippen LogP contribution in [0.5, 0.6) is 0 Å². The number of ether oxygens (including phenoxy) is 1. The summed E-state index contributed by atoms with van der Waals surface area (Å²) in [4.78, 5) is 38.9. The second-order valence-electron chi connectivity index (χ2n) is 7.14. The van der Waals surface area contributed by atoms with Crippen molar-refractivity contribution in [3.8, 4) is 0 Å². The number of hydrogen-bond acceptors (Lipinski definition) is 4. The molecule has 0 saturated heterocycles. The first-order valence-corrected chi connectivity index (χ1v) is 8.24. The van der Waals surface area contributed by atoms with Crippen molar-refractivity contribution < 1.29 is 27.9 Å². The Morgan fingerprint density at radius 1 is 1.15 bits per heavy atom. The summed E-state index contributed by atoms with van der Waals surface area (Å²) in [6, 6.07) is 5.51. The van der Waals surface area contributed by atoms with Gasteiger partial charge in [0.25, 0.3) is 18.2 Å². The van der Waals surface area contributed by atoms with Crippen LogP contribution in [0, 0.1) is 0 Å². The van der Waals surface area contributed by atoms with Crippen molar-refractivity contribution in [2.75, 3.05) is 13.1 Å². The smallest absolute Gasteiger partial charge is 0.410 e. The Hall–Kier alpha value is -2.51. The topological polar surface area (TPSA) is 66.9 Å². The Labute approximate surface area is 150 Å². The molecule has 0 spiro atoms. The van der Waals surface area contributed by atoms with Gasteiger partial charge >= 0.3 is 6.09 Å². The van der Waals surface area contributed by atoms with Crippen LogP contribution < -0.4 is 0 Å². The van der Waals surface area contributed by atoms with Crippen molar-refractivity contribution in [2.45, 2.75) is 45.8 Å². The van der Waals surface area contributed by atoms with Crippen LogP contribution in [0.2, 0.25) is 0 Å². The fourth-order valence-corrected chi connectivity index (χ4v) is 2.67. The number of benzene rings is 1. The molecule has 0 saturated carbocycles. The zero-order chi connectivity index (χ0) is 19.6. The van der Waals surface area contributed by atoms with Crippen LogP contribution in [0.15, 0.2) is 24.3 Å². The summed E-state index contributed by atoms with van der Waals surface area (Å²) in [5.41, 5.74) is -0.322. The summed E-state index contributed by atoms with van der Waals surface area (Å²) in [5, 5.41) is 0. The molecule has 0 radical (unpaired) electrons. The molecule has 2 rings (SSSR count). The fourth-order valence-electron chi connectivity index (χ4n) is 2.67. The molecule has 1 aliphatic heterocycles. The van der Waals surface area contributed by atoms with E-state index in [1.54, 1.807) is 32.9 Å². The van der Waals surface area contributed by atoms with E-state index in [-0.39, 0.29) is 17.7 Å². The molecule has 0 N–H and O–H groups in total. The van der Waals surface area contributed by atoms with Gasteiger partial charge < -0.3 is 4.74 Å². The van der Waals surface area contributed by atoms with Crippen molar-refractivity contribution in [3.63, 3.8) is 0 Å². The Morgan fingerprint density at radius 3 is 2.08 bits per heavy atom. The zero-order valence-electron chi connectivity index (χ0n) is 15.2. The van der Waals surface area contributed by atoms with E-state index in [0.29, 0.717) is 0 Å². The van der Waals surface area contributed by atoms with Crippen molar-refractivity contribution in [3.05, 3.63) is 35.4 Å². The monoisotopic (exact) mass is 368 g/mol. The predicted octanol–water partition coefficient (Wildman–Crippen LogP) is 3.17. The first kappa shape index (κ1) is 19.8. The van der Waals surface area contributed by atoms with Gasteiger partial charge in [0.2, 0.25) is 0 Å². The Balaban J connectivity index is 2.17. The molecular weight excluding hydrogens is 346 g/mol. The number of imide groups is 1. The third-order valence-corrected chi connectivity index (χ3v) is 3.82. The highest BCUT2D eigenvalue weighted by Gasteiger charge is 2.38. The van der Waals surface area contributed by atoms with E-state index in [9.17, 15) is 23.2 Å². The van der Waals surface area contributed by atoms with Crippen LogP contribution in [0.3, 0.4) is 0 Å². The number of nitrogens with zero attached hydrogens (tertiary/aromatic N) is 2. The van der Waals surface area contributed by atoms with Gasteiger partial charge in [-0.2, -0.15) is 0 Å². The summed E-state index contributed by atoms with van der Waals surface area (Å²) >= 11 is 0. The molecule has 1 atom stereocenters. The third kappa shape index (κ3) is 4.36. The SMILES string of the molecule is C[C@@H](CN1C(=O)c2ccccc2C1=O)N(CC(F)F)C(=O)OC(C)(C)C. The van der Waals surface area contributed by atoms with Crippen molar-refractivity contribution >= 4 is 17.9 Å². The molecule has 0 fully saturated rings. The van der Waals surface area contributed by atoms with Crippen LogP contribution in [0.1, 0.15) is 48.4 Å². The van der Waals surface area contributed by atoms with Gasteiger partial charge in [-0.25, -0.2) is 13.6 Å². The second kappa shape index (κ2) is 7.39. The van der Waals surface area contributed by atoms with Gasteiger partial charge in [0.05, 0.1) is 23.7 Å². The zero-order valence-corrected chi connectivity index (χ0v) is 15.2. The number of hydrogen-bond donors (Lipinski definition) is 0. The first-order chi connectivity index (χ1) is 12.0. The van der Waals surface area contributed by atoms with E-state index in [0.717, 1.165) is 9.80 Å². The summed E-state index contributed by atoms with van der Waals surface area (Å²) in [6.07, 6.45) is -3.69. The Bertz CT molecular complexity index is 680. The van der Waals surface area contributed by atoms with Crippen LogP contribution in [-0.2, 0) is 4.74 Å². The molecule has 26 heavy (non-hydrogen) atoms. The average molecular weight is 368 g/mol. The highest BCUT2D eigenvalue weighted by Crippen LogP contribution is 2.23. The summed E-state index contributed by atoms with van der Waals surface area (Å²) in [5.74, 6) is -1.00. The van der Waals surface area contributed by atoms with E-state index in [2.05, 4.69) is 0 Å². The minimum Gasteiger partial charge on any atom is -0.444 e. The summed E-state index contributed by atoms with van der Waals surface area (Å²) < 4.78 is 31.0. The summed E-state index contributed by atoms with van der Waals surface area (Å²) in [6.45, 7) is 5.33. The molecule has 6 nitrogen and oxygen atoms in total. The average Bonchev–Trinajstić information content (AvgIpc) is 2.76. The third-order valence-electron chi connectivity index (χ3n) is 3.82. The lowest BCUT2D eigenvalue weighted by Crippen LogP contribution is -2.50. The van der Waals surface area contributed by atoms with Crippen LogP contribution >= 0.6 is 0 Å². The minimum absolute atomic E-state index is 0.196. The molecular formula is C18H22F2N2O4. The van der Waals surface area contributed by atoms with Gasteiger partial charge in [-0.1, -0.05) is 12.1 Å². The van der Waals surface area contributed by atoms with Gasteiger partial charge in [0.1, 0.15) is 5.60 Å². The highest BCUT2D eigenvalue weighted by molar-refractivity contribution is 6.21. The molecule has 0 unspecified atom stereocenters. The molecule has 0 bridgehead atoms. The number of amides is 3. The van der Waals surface area contributed by atoms with Crippen LogP contribution in [-0.4, -0.2) is 58.9 Å². The Kier molecular flexibility index (Phi) is 5.63. The van der Waals surface area contributed by atoms with Gasteiger partial charge in [0.15, 0.2) is 0 Å². The van der Waals surface area contributed by atoms with E-state index in [1.165, 1.54) is 19.1 Å². The molecule has 0 aliphatic carbocycles. The lowest BCUT2D eigenvalue weighted by atomic mass is 10.1. The lowest BCUT2D eigenvalue weighted by molar-refractivity contribution is -0.00238. The van der Waals surface area contributed by atoms with Crippen molar-refractivity contribution in [1.29, 1.82) is 0 Å². The molecule has 3 amide bonds. The predicted molar refractivity (Wildman–Crippen MR) is 90.2 cm³/mol. The molecule has 142 valence electrons. The number of halogens is 2. The molecule has 1 aliphatic rings. The van der Waals surface area contributed by atoms with Gasteiger partial charge in [-0.3, -0.25) is 19.4 Å². The molecule has 1 aromatic rings. The van der Waals surface area contributed by atoms with E-state index >= 15 is 0 Å². The van der Waals surface area contributed by atoms with E-state index in [1.807, 2.05) is 0 Å². The molecule has 0 aromatic heterocycles. The highest BCUT2D eigenvalue weighted by atomic mass is 19.3. The van der Waals surface area contributed by atoms with Gasteiger partial charge in [-0.05, 0) is 39.8 Å². The summed E-state index contributed by atoms with van der Waals surface area (Å²) in [7, 11) is 0. The van der Waals surface area contributed by atoms with Crippen molar-refractivity contribution in [1.82, 2.24) is 9.80 Å². The number of alkyl halides is 2. The normalized spacial score (nSPS) is 15.3. The number of fused-ring (bicyclic) bond motifs is 1. The maximum atomic E-state index is 12.9. The fraction of sp³-hybridized carbons (Fsp3) is 0.500. The van der Waals surface area contributed by atoms with Gasteiger partial charge in [0, 0.05) is 6.54 Å². The van der Waals surface area contributed by atoms with E-state index < -0.39 is 42.5 Å². The van der Waals surface area contributed by atoms with Crippen molar-refractivity contribution in [2.24, 2.45) is 0 Å². The molecule has 1 heterocycles. The number of carbonyl (C=O) groups excluding carboxylic acids is 3. The van der Waals surface area contributed by atoms with Crippen LogP contribution in [0.4, 0.5) is 13.6 Å². The minimum atomic E-state index is -2.77. The number of carbonyl (C=O) groups is 3. The van der Waals surface area contributed by atoms with Crippen LogP contribution in [0.25, 0.3) is 0 Å². The maximum Gasteiger partial charge on any atom is 0.410 e. The van der Waals surface area contributed by atoms with E-state index in [4.69, 9.17) is 4.74 Å². The lowest BCUT2D eigenvalue weighted by Gasteiger charge is -2.33. The number of rotatable bonds is 5. The second-order valence-corrected chi connectivity index (χ2v) is 7.14. The maximum absolute atomic E-state index is 12.9. The molecule has 1 aromatic carbocycles. The largest absolute Gasteiger partial charge is 0.444 e. The molecule has 8 heteroatoms. The first-order valence-electron chi connectivity index (χ1n) is 8.24. The van der Waals surface area contributed by atoms with Gasteiger partial charge in [-0.15, -0.1) is 0 Å². The Morgan fingerprint density at radius 2 is 1.65 bits per heavy atom.